The summed E-state index contributed by atoms with van der Waals surface area (Å²) in [5.41, 5.74) is -5.38. The summed E-state index contributed by atoms with van der Waals surface area (Å²) in [4.78, 5) is 35.4. The maximum atomic E-state index is 13.1. The first-order valence-electron chi connectivity index (χ1n) is 33.6. The van der Waals surface area contributed by atoms with Gasteiger partial charge in [-0.1, -0.05) is 155 Å². The SMILES string of the molecule is CCOc1ccc2sc(/C(C#N)=c3/c4c(=C5C=CC(OCCCCC(=O)NS(=O)(=O)C(F)(F)F)=CC5)n(B(c5ccccc5)c5ccccc5)/c(=C(/C#N)c5nc6cc(OCC)ccc6s5)c4c(=C4C=CC(OCCCCC(=O)NS(=O)(=O)C(F)(F)F)=CC4)n3B(c3ccccc3)c3ccccc3)nc2c1. The van der Waals surface area contributed by atoms with Crippen LogP contribution < -0.4 is 62.2 Å². The van der Waals surface area contributed by atoms with Crippen molar-refractivity contribution >= 4 is 144 Å². The van der Waals surface area contributed by atoms with E-state index in [1.807, 2.05) is 196 Å². The zero-order valence-corrected chi connectivity index (χ0v) is 60.0. The third-order valence-electron chi connectivity index (χ3n) is 17.4. The lowest BCUT2D eigenvalue weighted by Gasteiger charge is -2.22. The van der Waals surface area contributed by atoms with Crippen LogP contribution in [-0.2, 0) is 39.1 Å². The zero-order valence-electron chi connectivity index (χ0n) is 56.8. The van der Waals surface area contributed by atoms with Crippen molar-refractivity contribution in [3.63, 3.8) is 0 Å². The van der Waals surface area contributed by atoms with Gasteiger partial charge in [0.2, 0.25) is 11.8 Å². The maximum absolute atomic E-state index is 13.1. The van der Waals surface area contributed by atoms with Crippen molar-refractivity contribution in [2.45, 2.75) is 76.2 Å². The Labute approximate surface area is 613 Å². The van der Waals surface area contributed by atoms with E-state index in [-0.39, 0.29) is 62.9 Å². The van der Waals surface area contributed by atoms with Gasteiger partial charge in [0.25, 0.3) is 0 Å². The molecule has 0 bridgehead atoms. The lowest BCUT2D eigenvalue weighted by molar-refractivity contribution is -0.120. The Bertz CT molecular complexity index is 5320. The smallest absolute Gasteiger partial charge is 0.494 e. The number of halogens is 6. The summed E-state index contributed by atoms with van der Waals surface area (Å²) >= 11 is 2.62. The molecule has 12 rings (SSSR count). The number of hydrogen-bond acceptors (Lipinski definition) is 16. The molecule has 2 amide bonds. The second-order valence-corrected chi connectivity index (χ2v) is 29.8. The lowest BCUT2D eigenvalue weighted by Crippen LogP contribution is -2.59. The molecule has 10 aromatic rings. The van der Waals surface area contributed by atoms with Gasteiger partial charge in [-0.3, -0.25) is 9.59 Å². The number of unbranched alkanes of at least 4 members (excludes halogenated alkanes) is 2. The molecule has 18 nitrogen and oxygen atoms in total. The first-order valence-corrected chi connectivity index (χ1v) is 38.2. The largest absolute Gasteiger partial charge is 0.516 e. The van der Waals surface area contributed by atoms with E-state index in [9.17, 15) is 63.3 Å². The molecule has 0 saturated carbocycles. The summed E-state index contributed by atoms with van der Waals surface area (Å²) in [6, 6.07) is 55.7. The molecule has 0 fully saturated rings. The van der Waals surface area contributed by atoms with Crippen LogP contribution in [0.3, 0.4) is 0 Å². The molecule has 2 aliphatic rings. The number of ether oxygens (including phenoxy) is 4. The van der Waals surface area contributed by atoms with Crippen molar-refractivity contribution in [1.82, 2.24) is 28.4 Å². The summed E-state index contributed by atoms with van der Waals surface area (Å²) in [6.45, 7) is 2.90. The summed E-state index contributed by atoms with van der Waals surface area (Å²) in [7, 11) is -11.8. The minimum atomic E-state index is -5.91. The minimum absolute atomic E-state index is 0.0194. The number of sulfonamides is 2. The summed E-state index contributed by atoms with van der Waals surface area (Å²) in [5.74, 6) is -0.739. The van der Waals surface area contributed by atoms with Crippen LogP contribution in [0.2, 0.25) is 0 Å². The Morgan fingerprint density at radius 2 is 0.858 bits per heavy atom. The Balaban J connectivity index is 1.20. The highest BCUT2D eigenvalue weighted by atomic mass is 32.2. The molecule has 0 spiro atoms. The number of carbonyl (C=O) groups excluding carboxylic acids is 2. The molecule has 2 aliphatic carbocycles. The van der Waals surface area contributed by atoms with Crippen molar-refractivity contribution < 1.29 is 71.7 Å². The number of aromatic nitrogens is 4. The maximum Gasteiger partial charge on any atom is 0.516 e. The Kier molecular flexibility index (Phi) is 22.7. The van der Waals surface area contributed by atoms with Crippen LogP contribution in [0.15, 0.2) is 206 Å². The van der Waals surface area contributed by atoms with E-state index in [2.05, 4.69) is 21.1 Å². The number of nitrogens with zero attached hydrogens (tertiary/aromatic N) is 6. The van der Waals surface area contributed by atoms with Crippen LogP contribution in [0.25, 0.3) is 53.5 Å². The number of benzene rings is 6. The number of amides is 2. The average Bonchev–Trinajstić information content (AvgIpc) is 1.52. The molecule has 540 valence electrons. The molecule has 30 heteroatoms. The molecule has 4 aromatic heterocycles. The van der Waals surface area contributed by atoms with E-state index < -0.39 is 69.4 Å². The van der Waals surface area contributed by atoms with E-state index in [1.165, 1.54) is 22.7 Å². The summed E-state index contributed by atoms with van der Waals surface area (Å²) < 4.78 is 158. The molecule has 2 N–H and O–H groups in total. The number of rotatable bonds is 26. The fourth-order valence-corrected chi connectivity index (χ4v) is 15.7. The number of nitriles is 2. The summed E-state index contributed by atoms with van der Waals surface area (Å²) in [6.07, 6.45) is 10.5. The standard InChI is InChI=1S/C76H64B2F6N8O10S4/c1-3-99-57-39-41-63-61(45-57)87-73(103-63)59(47-85)71-67-68(70(91(71)77(51-21-9-5-10-22-51)52-23-11-6-12-24-52)50-33-37-56(38-34-50)102-44-20-18-30-66(94)90-106(97,98)76(82,83)84)72(60(48-86)74-88-62-46-58(100-4-2)40-42-64(62)104-74)92(78(53-25-13-7-14-26-53)54-27-15-8-16-28-54)69(67)49-31-35-55(36-32-49)101-43-19-17-29-65(93)89-105(95,96)75(79,80)81/h5-16,21-28,31,33,35-42,45-46H,3-4,17-20,29-30,32,34,43-44H2,1-2H3,(H,89,93)(H,90,94)/b69-49?,70-50?,71-59-,72-60-. The second kappa shape index (κ2) is 32.2. The predicted molar refractivity (Wildman–Crippen MR) is 399 cm³/mol. The van der Waals surface area contributed by atoms with Crippen LogP contribution in [-0.4, -0.2) is 98.7 Å². The highest BCUT2D eigenvalue weighted by molar-refractivity contribution is 7.91. The number of alkyl halides is 6. The second-order valence-electron chi connectivity index (χ2n) is 24.4. The molecule has 0 atom stereocenters. The minimum Gasteiger partial charge on any atom is -0.494 e. The number of thiazole rings is 2. The number of nitrogens with one attached hydrogen (secondary N) is 2. The normalized spacial score (nSPS) is 14.9. The summed E-state index contributed by atoms with van der Waals surface area (Å²) in [5, 5.41) is 28.8. The monoisotopic (exact) mass is 1510 g/mol. The van der Waals surface area contributed by atoms with E-state index in [4.69, 9.17) is 28.9 Å². The Morgan fingerprint density at radius 1 is 0.509 bits per heavy atom. The number of fused-ring (bicyclic) bond motifs is 3. The molecule has 0 unspecified atom stereocenters. The number of hydrogen-bond donors (Lipinski definition) is 2. The van der Waals surface area contributed by atoms with Gasteiger partial charge in [-0.2, -0.15) is 53.7 Å². The Morgan fingerprint density at radius 3 is 1.16 bits per heavy atom. The third kappa shape index (κ3) is 16.2. The highest BCUT2D eigenvalue weighted by Gasteiger charge is 2.48. The van der Waals surface area contributed by atoms with Crippen molar-refractivity contribution in [3.05, 3.63) is 237 Å². The number of carbonyl (C=O) groups is 2. The van der Waals surface area contributed by atoms with E-state index in [0.29, 0.717) is 101 Å². The van der Waals surface area contributed by atoms with Crippen LogP contribution in [0.1, 0.15) is 75.2 Å². The van der Waals surface area contributed by atoms with Crippen molar-refractivity contribution in [1.29, 1.82) is 10.5 Å². The molecule has 4 heterocycles. The van der Waals surface area contributed by atoms with E-state index in [0.717, 1.165) is 40.7 Å². The van der Waals surface area contributed by atoms with Crippen molar-refractivity contribution in [3.8, 4) is 23.6 Å². The lowest BCUT2D eigenvalue weighted by atomic mass is 9.50. The molecule has 0 aliphatic heterocycles. The van der Waals surface area contributed by atoms with Gasteiger partial charge in [-0.15, -0.1) is 22.7 Å². The van der Waals surface area contributed by atoms with Crippen LogP contribution >= 0.6 is 22.7 Å². The van der Waals surface area contributed by atoms with Gasteiger partial charge in [0.05, 0.1) is 57.6 Å². The van der Waals surface area contributed by atoms with Gasteiger partial charge in [0, 0.05) is 46.4 Å². The van der Waals surface area contributed by atoms with Crippen LogP contribution in [0, 0.1) is 22.7 Å². The predicted octanol–water partition coefficient (Wildman–Crippen LogP) is 9.51. The van der Waals surface area contributed by atoms with Gasteiger partial charge >= 0.3 is 44.8 Å². The molecule has 6 aromatic carbocycles. The van der Waals surface area contributed by atoms with Crippen molar-refractivity contribution in [2.24, 2.45) is 0 Å². The molecular formula is C76H64B2F6N8O10S4. The van der Waals surface area contributed by atoms with Crippen LogP contribution in [0.4, 0.5) is 26.3 Å². The molecular weight excluding hydrogens is 1450 g/mol. The van der Waals surface area contributed by atoms with E-state index in [1.54, 1.807) is 12.2 Å². The fraction of sp³-hybridized carbons (Fsp3) is 0.211. The Hall–Kier alpha value is -10.9. The van der Waals surface area contributed by atoms with Gasteiger partial charge in [0.1, 0.15) is 56.3 Å². The van der Waals surface area contributed by atoms with Crippen LogP contribution in [0.5, 0.6) is 11.5 Å². The third-order valence-corrected chi connectivity index (χ3v) is 21.7. The topological polar surface area (TPSA) is 247 Å². The van der Waals surface area contributed by atoms with E-state index >= 15 is 0 Å². The fourth-order valence-electron chi connectivity index (χ4n) is 12.8. The van der Waals surface area contributed by atoms with Gasteiger partial charge in [-0.25, -0.2) is 19.4 Å². The molecule has 0 radical (unpaired) electrons. The van der Waals surface area contributed by atoms with Crippen molar-refractivity contribution in [2.75, 3.05) is 26.4 Å². The molecule has 106 heavy (non-hydrogen) atoms. The zero-order chi connectivity index (χ0) is 74.9. The number of allylic oxidation sites excluding steroid dienone is 6. The van der Waals surface area contributed by atoms with Gasteiger partial charge in [0.15, 0.2) is 0 Å². The first kappa shape index (κ1) is 74.8. The molecule has 0 saturated heterocycles. The van der Waals surface area contributed by atoms with Gasteiger partial charge in [-0.05, 0) is 112 Å². The average molecular weight is 1510 g/mol. The quantitative estimate of drug-likeness (QED) is 0.0291. The highest BCUT2D eigenvalue weighted by Crippen LogP contribution is 2.33. The first-order chi connectivity index (χ1) is 51.0. The van der Waals surface area contributed by atoms with Gasteiger partial charge < -0.3 is 27.9 Å².